The van der Waals surface area contributed by atoms with Gasteiger partial charge >= 0.3 is 5.97 Å². The molecule has 1 aromatic heterocycles. The quantitative estimate of drug-likeness (QED) is 0.774. The van der Waals surface area contributed by atoms with Crippen molar-refractivity contribution in [3.63, 3.8) is 0 Å². The standard InChI is InChI=1S/C13H19N3O4S/c1-19-6-7-3-4-16(5-7)12-8(11(15)17)9(14)10(21-12)13(18)20-2/h7H,3-6,14H2,1-2H3,(H2,15,17). The van der Waals surface area contributed by atoms with Gasteiger partial charge in [-0.05, 0) is 6.42 Å². The van der Waals surface area contributed by atoms with Crippen LogP contribution in [0.25, 0.3) is 0 Å². The first-order valence-corrected chi connectivity index (χ1v) is 7.35. The molecule has 0 aliphatic carbocycles. The number of hydrogen-bond acceptors (Lipinski definition) is 7. The van der Waals surface area contributed by atoms with Crippen molar-refractivity contribution in [2.75, 3.05) is 44.5 Å². The Bertz CT molecular complexity index is 558. The van der Waals surface area contributed by atoms with Crippen LogP contribution in [0.5, 0.6) is 0 Å². The third kappa shape index (κ3) is 2.96. The molecule has 0 aromatic carbocycles. The average molecular weight is 313 g/mol. The van der Waals surface area contributed by atoms with Gasteiger partial charge in [0.25, 0.3) is 5.91 Å². The fourth-order valence-electron chi connectivity index (χ4n) is 2.53. The minimum absolute atomic E-state index is 0.101. The van der Waals surface area contributed by atoms with E-state index in [1.807, 2.05) is 4.90 Å². The van der Waals surface area contributed by atoms with Crippen LogP contribution in [0, 0.1) is 5.92 Å². The number of methoxy groups -OCH3 is 2. The first-order valence-electron chi connectivity index (χ1n) is 6.53. The van der Waals surface area contributed by atoms with Crippen molar-refractivity contribution in [1.29, 1.82) is 0 Å². The third-order valence-electron chi connectivity index (χ3n) is 3.52. The number of anilines is 2. The summed E-state index contributed by atoms with van der Waals surface area (Å²) in [6.07, 6.45) is 0.956. The van der Waals surface area contributed by atoms with Gasteiger partial charge in [0, 0.05) is 26.1 Å². The maximum Gasteiger partial charge on any atom is 0.350 e. The molecule has 1 aromatic rings. The molecule has 21 heavy (non-hydrogen) atoms. The van der Waals surface area contributed by atoms with Crippen molar-refractivity contribution in [2.45, 2.75) is 6.42 Å². The molecule has 0 spiro atoms. The van der Waals surface area contributed by atoms with Gasteiger partial charge in [-0.3, -0.25) is 4.79 Å². The molecule has 1 fully saturated rings. The normalized spacial score (nSPS) is 18.0. The smallest absolute Gasteiger partial charge is 0.350 e. The molecule has 2 rings (SSSR count). The number of rotatable bonds is 5. The summed E-state index contributed by atoms with van der Waals surface area (Å²) in [6, 6.07) is 0. The van der Waals surface area contributed by atoms with Crippen LogP contribution in [0.1, 0.15) is 26.5 Å². The highest BCUT2D eigenvalue weighted by Gasteiger charge is 2.31. The number of carbonyl (C=O) groups excluding carboxylic acids is 2. The van der Waals surface area contributed by atoms with E-state index in [2.05, 4.69) is 4.74 Å². The van der Waals surface area contributed by atoms with E-state index in [-0.39, 0.29) is 16.1 Å². The monoisotopic (exact) mass is 313 g/mol. The van der Waals surface area contributed by atoms with Crippen LogP contribution in [0.4, 0.5) is 10.7 Å². The number of primary amides is 1. The molecule has 116 valence electrons. The van der Waals surface area contributed by atoms with Gasteiger partial charge in [-0.15, -0.1) is 11.3 Å². The molecule has 1 atom stereocenters. The van der Waals surface area contributed by atoms with Crippen molar-refractivity contribution in [1.82, 2.24) is 0 Å². The van der Waals surface area contributed by atoms with Gasteiger partial charge in [0.1, 0.15) is 9.88 Å². The largest absolute Gasteiger partial charge is 0.465 e. The molecule has 1 saturated heterocycles. The second-order valence-corrected chi connectivity index (χ2v) is 5.94. The molecule has 2 heterocycles. The van der Waals surface area contributed by atoms with E-state index < -0.39 is 11.9 Å². The van der Waals surface area contributed by atoms with Crippen LogP contribution in [-0.4, -0.2) is 45.8 Å². The zero-order chi connectivity index (χ0) is 15.6. The summed E-state index contributed by atoms with van der Waals surface area (Å²) in [5.74, 6) is -0.802. The summed E-state index contributed by atoms with van der Waals surface area (Å²) in [5.41, 5.74) is 11.6. The minimum atomic E-state index is -0.635. The molecule has 4 N–H and O–H groups in total. The Morgan fingerprint density at radius 2 is 2.14 bits per heavy atom. The Morgan fingerprint density at radius 3 is 2.71 bits per heavy atom. The van der Waals surface area contributed by atoms with Gasteiger partial charge in [-0.25, -0.2) is 4.79 Å². The van der Waals surface area contributed by atoms with E-state index in [1.165, 1.54) is 7.11 Å². The number of nitrogens with zero attached hydrogens (tertiary/aromatic N) is 1. The molecule has 1 aliphatic rings. The van der Waals surface area contributed by atoms with E-state index in [9.17, 15) is 9.59 Å². The summed E-state index contributed by atoms with van der Waals surface area (Å²) in [5, 5.41) is 0.638. The van der Waals surface area contributed by atoms with Gasteiger partial charge in [0.05, 0.1) is 25.0 Å². The number of ether oxygens (including phenoxy) is 2. The summed E-state index contributed by atoms with van der Waals surface area (Å²) in [7, 11) is 2.94. The fourth-order valence-corrected chi connectivity index (χ4v) is 3.70. The van der Waals surface area contributed by atoms with Crippen molar-refractivity contribution in [3.05, 3.63) is 10.4 Å². The molecular formula is C13H19N3O4S. The predicted octanol–water partition coefficient (Wildman–Crippen LogP) is 0.689. The summed E-state index contributed by atoms with van der Waals surface area (Å²) >= 11 is 1.15. The molecule has 1 unspecified atom stereocenters. The fraction of sp³-hybridized carbons (Fsp3) is 0.538. The lowest BCUT2D eigenvalue weighted by molar-refractivity contribution is 0.0607. The Labute approximate surface area is 126 Å². The van der Waals surface area contributed by atoms with Crippen molar-refractivity contribution >= 4 is 33.9 Å². The molecule has 0 radical (unpaired) electrons. The van der Waals surface area contributed by atoms with Gasteiger partial charge in [-0.1, -0.05) is 0 Å². The Morgan fingerprint density at radius 1 is 1.43 bits per heavy atom. The van der Waals surface area contributed by atoms with Crippen LogP contribution in [0.2, 0.25) is 0 Å². The number of nitrogens with two attached hydrogens (primary N) is 2. The molecule has 0 saturated carbocycles. The third-order valence-corrected chi connectivity index (χ3v) is 4.77. The zero-order valence-electron chi connectivity index (χ0n) is 12.0. The maximum absolute atomic E-state index is 11.7. The molecule has 8 heteroatoms. The lowest BCUT2D eigenvalue weighted by atomic mass is 10.1. The number of esters is 1. The highest BCUT2D eigenvalue weighted by Crippen LogP contribution is 2.40. The van der Waals surface area contributed by atoms with E-state index in [0.29, 0.717) is 17.5 Å². The second kappa shape index (κ2) is 6.31. The van der Waals surface area contributed by atoms with Crippen LogP contribution in [0.3, 0.4) is 0 Å². The van der Waals surface area contributed by atoms with Crippen LogP contribution >= 0.6 is 11.3 Å². The van der Waals surface area contributed by atoms with Crippen LogP contribution in [0.15, 0.2) is 0 Å². The Hall–Kier alpha value is -1.80. The summed E-state index contributed by atoms with van der Waals surface area (Å²) in [6.45, 7) is 2.18. The summed E-state index contributed by atoms with van der Waals surface area (Å²) in [4.78, 5) is 25.6. The number of thiophene rings is 1. The van der Waals surface area contributed by atoms with Gasteiger partial charge in [0.15, 0.2) is 0 Å². The molecule has 0 bridgehead atoms. The van der Waals surface area contributed by atoms with Crippen LogP contribution < -0.4 is 16.4 Å². The first-order chi connectivity index (χ1) is 9.99. The molecular weight excluding hydrogens is 294 g/mol. The van der Waals surface area contributed by atoms with Crippen molar-refractivity contribution < 1.29 is 19.1 Å². The van der Waals surface area contributed by atoms with E-state index in [1.54, 1.807) is 7.11 Å². The average Bonchev–Trinajstić information content (AvgIpc) is 3.02. The summed E-state index contributed by atoms with van der Waals surface area (Å²) < 4.78 is 9.85. The minimum Gasteiger partial charge on any atom is -0.465 e. The number of carbonyl (C=O) groups is 2. The van der Waals surface area contributed by atoms with E-state index in [4.69, 9.17) is 16.2 Å². The number of nitrogen functional groups attached to an aromatic ring is 1. The second-order valence-electron chi connectivity index (χ2n) is 4.94. The van der Waals surface area contributed by atoms with E-state index >= 15 is 0 Å². The molecule has 1 amide bonds. The lowest BCUT2D eigenvalue weighted by Crippen LogP contribution is -2.23. The molecule has 1 aliphatic heterocycles. The van der Waals surface area contributed by atoms with E-state index in [0.717, 1.165) is 30.8 Å². The highest BCUT2D eigenvalue weighted by molar-refractivity contribution is 7.19. The topological polar surface area (TPSA) is 108 Å². The Kier molecular flexibility index (Phi) is 4.69. The number of hydrogen-bond donors (Lipinski definition) is 2. The van der Waals surface area contributed by atoms with Crippen molar-refractivity contribution in [2.24, 2.45) is 11.7 Å². The van der Waals surface area contributed by atoms with Crippen molar-refractivity contribution in [3.8, 4) is 0 Å². The van der Waals surface area contributed by atoms with Gasteiger partial charge < -0.3 is 25.8 Å². The lowest BCUT2D eigenvalue weighted by Gasteiger charge is -2.17. The highest BCUT2D eigenvalue weighted by atomic mass is 32.1. The molecule has 7 nitrogen and oxygen atoms in total. The maximum atomic E-state index is 11.7. The SMILES string of the molecule is COCC1CCN(c2sc(C(=O)OC)c(N)c2C(N)=O)C1. The zero-order valence-corrected chi connectivity index (χ0v) is 12.9. The van der Waals surface area contributed by atoms with Gasteiger partial charge in [-0.2, -0.15) is 0 Å². The van der Waals surface area contributed by atoms with Crippen LogP contribution in [-0.2, 0) is 9.47 Å². The number of amides is 1. The van der Waals surface area contributed by atoms with Gasteiger partial charge in [0.2, 0.25) is 0 Å². The Balaban J connectivity index is 2.35. The first kappa shape index (κ1) is 15.6. The predicted molar refractivity (Wildman–Crippen MR) is 80.8 cm³/mol.